The van der Waals surface area contributed by atoms with Crippen LogP contribution in [0.15, 0.2) is 30.5 Å². The van der Waals surface area contributed by atoms with Crippen LogP contribution in [-0.2, 0) is 4.79 Å². The number of primary amides is 1. The van der Waals surface area contributed by atoms with Crippen LogP contribution in [0.3, 0.4) is 0 Å². The molecular weight excluding hydrogens is 278 g/mol. The SMILES string of the molecule is C[C@H](C(=O)c1c[nH]c2ccccc12)[NH+]1CCC[C@H](C(N)=O)C1. The predicted molar refractivity (Wildman–Crippen MR) is 84.7 cm³/mol. The number of para-hydroxylation sites is 1. The number of Topliss-reactive ketones (excluding diaryl/α,β-unsaturated/α-hetero) is 1. The average Bonchev–Trinajstić information content (AvgIpc) is 2.97. The summed E-state index contributed by atoms with van der Waals surface area (Å²) in [6.07, 6.45) is 3.57. The van der Waals surface area contributed by atoms with E-state index >= 15 is 0 Å². The first-order valence-corrected chi connectivity index (χ1v) is 7.82. The van der Waals surface area contributed by atoms with Gasteiger partial charge >= 0.3 is 0 Å². The summed E-state index contributed by atoms with van der Waals surface area (Å²) >= 11 is 0. The first kappa shape index (κ1) is 14.8. The number of hydrogen-bond donors (Lipinski definition) is 3. The molecule has 0 saturated carbocycles. The van der Waals surface area contributed by atoms with Gasteiger partial charge in [-0.1, -0.05) is 18.2 Å². The minimum absolute atomic E-state index is 0.109. The lowest BCUT2D eigenvalue weighted by Gasteiger charge is -2.31. The molecule has 5 heteroatoms. The van der Waals surface area contributed by atoms with E-state index < -0.39 is 0 Å². The van der Waals surface area contributed by atoms with Crippen LogP contribution in [-0.4, -0.2) is 35.8 Å². The van der Waals surface area contributed by atoms with Gasteiger partial charge in [0.25, 0.3) is 0 Å². The highest BCUT2D eigenvalue weighted by molar-refractivity contribution is 6.09. The van der Waals surface area contributed by atoms with E-state index in [0.717, 1.165) is 40.8 Å². The normalized spacial score (nSPS) is 23.3. The maximum atomic E-state index is 12.8. The number of carbonyl (C=O) groups is 2. The van der Waals surface area contributed by atoms with Crippen molar-refractivity contribution in [3.8, 4) is 0 Å². The molecule has 2 aromatic rings. The van der Waals surface area contributed by atoms with Gasteiger partial charge in [0.1, 0.15) is 6.04 Å². The van der Waals surface area contributed by atoms with Gasteiger partial charge < -0.3 is 15.6 Å². The Balaban J connectivity index is 1.81. The maximum Gasteiger partial charge on any atom is 0.226 e. The van der Waals surface area contributed by atoms with Gasteiger partial charge in [-0.3, -0.25) is 9.59 Å². The zero-order valence-corrected chi connectivity index (χ0v) is 12.8. The van der Waals surface area contributed by atoms with Gasteiger partial charge in [-0.05, 0) is 25.8 Å². The number of likely N-dealkylation sites (tertiary alicyclic amines) is 1. The molecule has 1 aromatic carbocycles. The lowest BCUT2D eigenvalue weighted by atomic mass is 9.94. The molecule has 0 radical (unpaired) electrons. The quantitative estimate of drug-likeness (QED) is 0.720. The number of quaternary nitrogens is 1. The van der Waals surface area contributed by atoms with Crippen LogP contribution in [0, 0.1) is 5.92 Å². The summed E-state index contributed by atoms with van der Waals surface area (Å²) in [6.45, 7) is 3.52. The van der Waals surface area contributed by atoms with E-state index in [1.54, 1.807) is 6.20 Å². The standard InChI is InChI=1S/C17H21N3O2/c1-11(20-8-4-5-12(10-20)17(18)22)16(21)14-9-19-15-7-3-2-6-13(14)15/h2-3,6-7,9,11-12,19H,4-5,8,10H2,1H3,(H2,18,22)/p+1/t11-,12+/m1/s1. The highest BCUT2D eigenvalue weighted by Gasteiger charge is 2.34. The van der Waals surface area contributed by atoms with Crippen molar-refractivity contribution in [2.45, 2.75) is 25.8 Å². The second-order valence-electron chi connectivity index (χ2n) is 6.19. The Morgan fingerprint density at radius 1 is 1.36 bits per heavy atom. The molecular formula is C17H22N3O2+. The number of nitrogens with two attached hydrogens (primary N) is 1. The molecule has 2 heterocycles. The number of nitrogens with one attached hydrogen (secondary N) is 2. The summed E-state index contributed by atoms with van der Waals surface area (Å²) in [5.74, 6) is -0.233. The first-order chi connectivity index (χ1) is 10.6. The summed E-state index contributed by atoms with van der Waals surface area (Å²) in [7, 11) is 0. The van der Waals surface area contributed by atoms with E-state index in [2.05, 4.69) is 4.98 Å². The van der Waals surface area contributed by atoms with Gasteiger partial charge in [-0.15, -0.1) is 0 Å². The number of hydrogen-bond acceptors (Lipinski definition) is 2. The summed E-state index contributed by atoms with van der Waals surface area (Å²) < 4.78 is 0. The fraction of sp³-hybridized carbons (Fsp3) is 0.412. The molecule has 3 rings (SSSR count). The molecule has 1 saturated heterocycles. The largest absolute Gasteiger partial charge is 0.369 e. The van der Waals surface area contributed by atoms with Crippen LogP contribution in [0.1, 0.15) is 30.1 Å². The third-order valence-electron chi connectivity index (χ3n) is 4.82. The second kappa shape index (κ2) is 5.93. The molecule has 1 unspecified atom stereocenters. The van der Waals surface area contributed by atoms with Gasteiger partial charge in [-0.2, -0.15) is 0 Å². The van der Waals surface area contributed by atoms with Crippen molar-refractivity contribution in [2.24, 2.45) is 11.7 Å². The monoisotopic (exact) mass is 300 g/mol. The van der Waals surface area contributed by atoms with Crippen molar-refractivity contribution < 1.29 is 14.5 Å². The molecule has 116 valence electrons. The lowest BCUT2D eigenvalue weighted by Crippen LogP contribution is -3.18. The van der Waals surface area contributed by atoms with Crippen molar-refractivity contribution in [1.29, 1.82) is 0 Å². The van der Waals surface area contributed by atoms with E-state index in [-0.39, 0.29) is 23.7 Å². The maximum absolute atomic E-state index is 12.8. The minimum Gasteiger partial charge on any atom is -0.369 e. The van der Waals surface area contributed by atoms with Gasteiger partial charge in [0.15, 0.2) is 0 Å². The molecule has 0 aliphatic carbocycles. The molecule has 1 amide bonds. The Morgan fingerprint density at radius 3 is 2.91 bits per heavy atom. The van der Waals surface area contributed by atoms with E-state index in [1.165, 1.54) is 0 Å². The molecule has 0 spiro atoms. The van der Waals surface area contributed by atoms with Crippen molar-refractivity contribution >= 4 is 22.6 Å². The summed E-state index contributed by atoms with van der Waals surface area (Å²) in [6, 6.07) is 7.65. The summed E-state index contributed by atoms with van der Waals surface area (Å²) in [5.41, 5.74) is 7.14. The molecule has 1 aromatic heterocycles. The molecule has 4 N–H and O–H groups in total. The minimum atomic E-state index is -0.246. The number of aromatic amines is 1. The van der Waals surface area contributed by atoms with Crippen LogP contribution in [0.5, 0.6) is 0 Å². The Labute approximate surface area is 129 Å². The molecule has 1 fully saturated rings. The smallest absolute Gasteiger partial charge is 0.226 e. The van der Waals surface area contributed by atoms with E-state index in [1.807, 2.05) is 31.2 Å². The number of benzene rings is 1. The Kier molecular flexibility index (Phi) is 3.98. The third-order valence-corrected chi connectivity index (χ3v) is 4.82. The molecule has 1 aliphatic heterocycles. The Morgan fingerprint density at radius 2 is 2.14 bits per heavy atom. The molecule has 3 atom stereocenters. The number of amides is 1. The second-order valence-corrected chi connectivity index (χ2v) is 6.19. The summed E-state index contributed by atoms with van der Waals surface area (Å²) in [5, 5.41) is 0.960. The highest BCUT2D eigenvalue weighted by atomic mass is 16.1. The van der Waals surface area contributed by atoms with E-state index in [9.17, 15) is 9.59 Å². The van der Waals surface area contributed by atoms with Crippen LogP contribution in [0.2, 0.25) is 0 Å². The van der Waals surface area contributed by atoms with Gasteiger partial charge in [0.2, 0.25) is 11.7 Å². The number of carbonyl (C=O) groups excluding carboxylic acids is 2. The van der Waals surface area contributed by atoms with Gasteiger partial charge in [-0.25, -0.2) is 0 Å². The number of rotatable bonds is 4. The van der Waals surface area contributed by atoms with Crippen molar-refractivity contribution in [1.82, 2.24) is 4.98 Å². The molecule has 5 nitrogen and oxygen atoms in total. The lowest BCUT2D eigenvalue weighted by molar-refractivity contribution is -0.920. The molecule has 22 heavy (non-hydrogen) atoms. The van der Waals surface area contributed by atoms with Crippen LogP contribution < -0.4 is 10.6 Å². The van der Waals surface area contributed by atoms with Crippen molar-refractivity contribution in [2.75, 3.05) is 13.1 Å². The number of ketones is 1. The van der Waals surface area contributed by atoms with Crippen molar-refractivity contribution in [3.63, 3.8) is 0 Å². The van der Waals surface area contributed by atoms with Crippen LogP contribution >= 0.6 is 0 Å². The first-order valence-electron chi connectivity index (χ1n) is 7.82. The topological polar surface area (TPSA) is 80.4 Å². The zero-order chi connectivity index (χ0) is 15.7. The molecule has 1 aliphatic rings. The average molecular weight is 300 g/mol. The van der Waals surface area contributed by atoms with E-state index in [0.29, 0.717) is 6.54 Å². The predicted octanol–water partition coefficient (Wildman–Crippen LogP) is 0.519. The zero-order valence-electron chi connectivity index (χ0n) is 12.8. The number of fused-ring (bicyclic) bond motifs is 1. The van der Waals surface area contributed by atoms with E-state index in [4.69, 9.17) is 5.73 Å². The van der Waals surface area contributed by atoms with Crippen LogP contribution in [0.25, 0.3) is 10.9 Å². The van der Waals surface area contributed by atoms with Crippen molar-refractivity contribution in [3.05, 3.63) is 36.0 Å². The number of aromatic nitrogens is 1. The highest BCUT2D eigenvalue weighted by Crippen LogP contribution is 2.19. The summed E-state index contributed by atoms with van der Waals surface area (Å²) in [4.78, 5) is 28.6. The fourth-order valence-electron chi connectivity index (χ4n) is 3.43. The number of piperidine rings is 1. The third kappa shape index (κ3) is 2.64. The Hall–Kier alpha value is -2.14. The fourth-order valence-corrected chi connectivity index (χ4v) is 3.43. The van der Waals surface area contributed by atoms with Gasteiger partial charge in [0.05, 0.1) is 19.0 Å². The van der Waals surface area contributed by atoms with Crippen LogP contribution in [0.4, 0.5) is 0 Å². The Bertz CT molecular complexity index is 707. The van der Waals surface area contributed by atoms with Gasteiger partial charge in [0, 0.05) is 22.7 Å². The number of H-pyrrole nitrogens is 1. The molecule has 0 bridgehead atoms.